The summed E-state index contributed by atoms with van der Waals surface area (Å²) in [4.78, 5) is 28.6. The number of aryl methyl sites for hydroxylation is 2. The highest BCUT2D eigenvalue weighted by Crippen LogP contribution is 2.23. The van der Waals surface area contributed by atoms with Gasteiger partial charge in [0.2, 0.25) is 0 Å². The Labute approximate surface area is 183 Å². The Morgan fingerprint density at radius 3 is 2.48 bits per heavy atom. The Hall–Kier alpha value is -3.37. The van der Waals surface area contributed by atoms with E-state index < -0.39 is 0 Å². The summed E-state index contributed by atoms with van der Waals surface area (Å²) >= 11 is 0. The van der Waals surface area contributed by atoms with Gasteiger partial charge in [0.1, 0.15) is 6.07 Å². The number of hydrogen-bond acceptors (Lipinski definition) is 6. The van der Waals surface area contributed by atoms with Gasteiger partial charge in [0, 0.05) is 38.3 Å². The molecule has 0 atom stereocenters. The number of carbonyl (C=O) groups excluding carboxylic acids is 2. The van der Waals surface area contributed by atoms with Crippen molar-refractivity contribution in [2.24, 2.45) is 0 Å². The van der Waals surface area contributed by atoms with Gasteiger partial charge in [-0.05, 0) is 48.7 Å². The lowest BCUT2D eigenvalue weighted by Crippen LogP contribution is -2.49. The highest BCUT2D eigenvalue weighted by molar-refractivity contribution is 5.96. The molecule has 0 aromatic heterocycles. The van der Waals surface area contributed by atoms with Crippen molar-refractivity contribution >= 4 is 17.6 Å². The summed E-state index contributed by atoms with van der Waals surface area (Å²) in [6.07, 6.45) is 0. The maximum atomic E-state index is 13.2. The molecule has 0 radical (unpaired) electrons. The first-order chi connectivity index (χ1) is 14.9. The van der Waals surface area contributed by atoms with Crippen LogP contribution in [0.15, 0.2) is 36.4 Å². The second-order valence-electron chi connectivity index (χ2n) is 7.68. The average molecular weight is 421 g/mol. The van der Waals surface area contributed by atoms with Gasteiger partial charge >= 0.3 is 5.97 Å². The molecule has 1 N–H and O–H groups in total. The summed E-state index contributed by atoms with van der Waals surface area (Å²) < 4.78 is 4.65. The lowest BCUT2D eigenvalue weighted by molar-refractivity contribution is -0.139. The smallest absolute Gasteiger partial charge is 0.319 e. The van der Waals surface area contributed by atoms with Crippen molar-refractivity contribution in [3.63, 3.8) is 0 Å². The Balaban J connectivity index is 1.68. The Morgan fingerprint density at radius 1 is 1.10 bits per heavy atom. The number of anilines is 1. The number of nitrogens with one attached hydrogen (secondary N) is 1. The number of methoxy groups -OCH3 is 1. The maximum absolute atomic E-state index is 13.2. The standard InChI is InChI=1S/C24H28N4O3/c1-17-12-18(2)21(13-20(17)15-26-16-23(29)31-3)24(30)28-10-8-27(9-11-28)22-7-5-4-6-19(22)14-25/h4-7,12-13,26H,8-11,15-16H2,1-3H3. The molecule has 162 valence electrons. The predicted molar refractivity (Wildman–Crippen MR) is 119 cm³/mol. The zero-order chi connectivity index (χ0) is 22.4. The molecule has 7 heteroatoms. The third-order valence-corrected chi connectivity index (χ3v) is 5.66. The van der Waals surface area contributed by atoms with Gasteiger partial charge < -0.3 is 19.9 Å². The molecule has 1 amide bonds. The Kier molecular flexibility index (Phi) is 7.27. The number of carbonyl (C=O) groups is 2. The first-order valence-electron chi connectivity index (χ1n) is 10.4. The van der Waals surface area contributed by atoms with Crippen LogP contribution in [0.2, 0.25) is 0 Å². The average Bonchev–Trinajstić information content (AvgIpc) is 2.80. The van der Waals surface area contributed by atoms with Crippen LogP contribution in [0.25, 0.3) is 0 Å². The number of nitrogens with zero attached hydrogens (tertiary/aromatic N) is 3. The van der Waals surface area contributed by atoms with E-state index in [0.29, 0.717) is 43.9 Å². The zero-order valence-electron chi connectivity index (χ0n) is 18.3. The number of esters is 1. The maximum Gasteiger partial charge on any atom is 0.319 e. The molecule has 2 aromatic rings. The monoisotopic (exact) mass is 420 g/mol. The molecule has 1 aliphatic heterocycles. The number of benzene rings is 2. The predicted octanol–water partition coefficient (Wildman–Crippen LogP) is 2.40. The van der Waals surface area contributed by atoms with Gasteiger partial charge in [-0.3, -0.25) is 9.59 Å². The third-order valence-electron chi connectivity index (χ3n) is 5.66. The van der Waals surface area contributed by atoms with Crippen LogP contribution in [-0.2, 0) is 16.1 Å². The number of rotatable bonds is 6. The fourth-order valence-corrected chi connectivity index (χ4v) is 3.85. The minimum Gasteiger partial charge on any atom is -0.468 e. The van der Waals surface area contributed by atoms with E-state index in [0.717, 1.165) is 22.4 Å². The summed E-state index contributed by atoms with van der Waals surface area (Å²) in [6, 6.07) is 13.7. The second-order valence-corrected chi connectivity index (χ2v) is 7.68. The molecule has 31 heavy (non-hydrogen) atoms. The molecular formula is C24H28N4O3. The molecule has 1 heterocycles. The van der Waals surface area contributed by atoms with Crippen LogP contribution in [0.3, 0.4) is 0 Å². The molecule has 0 spiro atoms. The van der Waals surface area contributed by atoms with Crippen LogP contribution < -0.4 is 10.2 Å². The number of ether oxygens (including phenoxy) is 1. The zero-order valence-corrected chi connectivity index (χ0v) is 18.3. The van der Waals surface area contributed by atoms with Gasteiger partial charge in [-0.2, -0.15) is 5.26 Å². The normalized spacial score (nSPS) is 13.6. The van der Waals surface area contributed by atoms with E-state index in [2.05, 4.69) is 21.0 Å². The van der Waals surface area contributed by atoms with Crippen molar-refractivity contribution in [3.05, 3.63) is 64.2 Å². The summed E-state index contributed by atoms with van der Waals surface area (Å²) in [7, 11) is 1.36. The minimum atomic E-state index is -0.322. The number of nitriles is 1. The van der Waals surface area contributed by atoms with Gasteiger partial charge in [0.25, 0.3) is 5.91 Å². The fraction of sp³-hybridized carbons (Fsp3) is 0.375. The van der Waals surface area contributed by atoms with Crippen LogP contribution in [0, 0.1) is 25.2 Å². The van der Waals surface area contributed by atoms with Crippen molar-refractivity contribution in [1.29, 1.82) is 5.26 Å². The number of hydrogen-bond donors (Lipinski definition) is 1. The number of piperazine rings is 1. The van der Waals surface area contributed by atoms with Crippen LogP contribution >= 0.6 is 0 Å². The topological polar surface area (TPSA) is 85.7 Å². The third kappa shape index (κ3) is 5.22. The summed E-state index contributed by atoms with van der Waals surface area (Å²) in [5.74, 6) is -0.308. The molecule has 7 nitrogen and oxygen atoms in total. The van der Waals surface area contributed by atoms with E-state index in [1.807, 2.05) is 55.1 Å². The van der Waals surface area contributed by atoms with E-state index in [4.69, 9.17) is 0 Å². The van der Waals surface area contributed by atoms with Crippen molar-refractivity contribution in [2.75, 3.05) is 44.7 Å². The molecule has 0 unspecified atom stereocenters. The Bertz CT molecular complexity index is 1000. The molecule has 2 aromatic carbocycles. The van der Waals surface area contributed by atoms with Gasteiger partial charge in [-0.25, -0.2) is 0 Å². The van der Waals surface area contributed by atoms with Crippen molar-refractivity contribution in [1.82, 2.24) is 10.2 Å². The van der Waals surface area contributed by atoms with E-state index >= 15 is 0 Å². The van der Waals surface area contributed by atoms with Crippen LogP contribution in [0.5, 0.6) is 0 Å². The highest BCUT2D eigenvalue weighted by Gasteiger charge is 2.25. The van der Waals surface area contributed by atoms with Gasteiger partial charge in [-0.1, -0.05) is 18.2 Å². The van der Waals surface area contributed by atoms with Gasteiger partial charge in [0.15, 0.2) is 0 Å². The van der Waals surface area contributed by atoms with Crippen LogP contribution in [-0.4, -0.2) is 56.6 Å². The molecule has 0 bridgehead atoms. The van der Waals surface area contributed by atoms with E-state index in [9.17, 15) is 14.9 Å². The van der Waals surface area contributed by atoms with Crippen LogP contribution in [0.4, 0.5) is 5.69 Å². The summed E-state index contributed by atoms with van der Waals surface area (Å²) in [5, 5.41) is 12.4. The molecule has 0 saturated carbocycles. The molecule has 1 fully saturated rings. The van der Waals surface area contributed by atoms with Crippen molar-refractivity contribution in [2.45, 2.75) is 20.4 Å². The van der Waals surface area contributed by atoms with Gasteiger partial charge in [0.05, 0.1) is 24.9 Å². The lowest BCUT2D eigenvalue weighted by atomic mass is 9.98. The molecule has 0 aliphatic carbocycles. The van der Waals surface area contributed by atoms with E-state index in [-0.39, 0.29) is 18.4 Å². The van der Waals surface area contributed by atoms with Crippen LogP contribution in [0.1, 0.15) is 32.6 Å². The second kappa shape index (κ2) is 10.1. The van der Waals surface area contributed by atoms with Crippen molar-refractivity contribution < 1.29 is 14.3 Å². The highest BCUT2D eigenvalue weighted by atomic mass is 16.5. The Morgan fingerprint density at radius 2 is 1.81 bits per heavy atom. The number of para-hydroxylation sites is 1. The largest absolute Gasteiger partial charge is 0.468 e. The first kappa shape index (κ1) is 22.3. The molecule has 1 aliphatic rings. The molecule has 3 rings (SSSR count). The quantitative estimate of drug-likeness (QED) is 0.723. The van der Waals surface area contributed by atoms with Gasteiger partial charge in [-0.15, -0.1) is 0 Å². The molecular weight excluding hydrogens is 392 g/mol. The summed E-state index contributed by atoms with van der Waals surface area (Å²) in [5.41, 5.74) is 5.26. The van der Waals surface area contributed by atoms with E-state index in [1.54, 1.807) is 0 Å². The first-order valence-corrected chi connectivity index (χ1v) is 10.4. The van der Waals surface area contributed by atoms with E-state index in [1.165, 1.54) is 7.11 Å². The molecule has 1 saturated heterocycles. The minimum absolute atomic E-state index is 0.0138. The van der Waals surface area contributed by atoms with Crippen molar-refractivity contribution in [3.8, 4) is 6.07 Å². The fourth-order valence-electron chi connectivity index (χ4n) is 3.85. The lowest BCUT2D eigenvalue weighted by Gasteiger charge is -2.36. The summed E-state index contributed by atoms with van der Waals surface area (Å²) in [6.45, 7) is 7.13. The number of amides is 1. The SMILES string of the molecule is COC(=O)CNCc1cc(C(=O)N2CCN(c3ccccc3C#N)CC2)c(C)cc1C.